The number of hydrogen-bond donors (Lipinski definition) is 0. The second-order valence-electron chi connectivity index (χ2n) is 7.79. The van der Waals surface area contributed by atoms with Crippen LogP contribution in [0.4, 0.5) is 0 Å². The van der Waals surface area contributed by atoms with Gasteiger partial charge in [0.15, 0.2) is 29.1 Å². The van der Waals surface area contributed by atoms with Crippen LogP contribution in [0, 0.1) is 11.8 Å². The molecule has 1 aliphatic carbocycles. The van der Waals surface area contributed by atoms with E-state index in [-0.39, 0.29) is 6.10 Å². The van der Waals surface area contributed by atoms with Crippen molar-refractivity contribution in [3.63, 3.8) is 0 Å². The van der Waals surface area contributed by atoms with Gasteiger partial charge in [-0.1, -0.05) is 24.5 Å². The van der Waals surface area contributed by atoms with Crippen LogP contribution in [0.15, 0.2) is 30.0 Å². The Morgan fingerprint density at radius 1 is 1.30 bits per heavy atom. The Morgan fingerprint density at radius 2 is 2.04 bits per heavy atom. The standard InChI is InChI=1S/C21H26O6/c1-7-11-20(23-6,17-13-24-18(2,3)26-17)12-10-15-8-9-16-21(15,14-22)27-19(4,5)25-16/h8,11,14,16-17H,1,9,13H2,2-6H3/t16-,17+,20-,21+/m1/s1. The minimum Gasteiger partial charge on any atom is -0.358 e. The van der Waals surface area contributed by atoms with Crippen molar-refractivity contribution in [3.05, 3.63) is 30.0 Å². The van der Waals surface area contributed by atoms with E-state index in [1.807, 2.05) is 19.9 Å². The molecular formula is C21H26O6. The maximum atomic E-state index is 12.0. The summed E-state index contributed by atoms with van der Waals surface area (Å²) in [6.45, 7) is 11.2. The number of methoxy groups -OCH3 is 1. The van der Waals surface area contributed by atoms with Crippen molar-refractivity contribution >= 4 is 6.29 Å². The summed E-state index contributed by atoms with van der Waals surface area (Å²) in [4.78, 5) is 12.0. The van der Waals surface area contributed by atoms with Crippen molar-refractivity contribution in [2.45, 2.75) is 69.1 Å². The molecule has 0 amide bonds. The Bertz CT molecular complexity index is 763. The molecule has 6 heteroatoms. The van der Waals surface area contributed by atoms with E-state index in [9.17, 15) is 4.79 Å². The summed E-state index contributed by atoms with van der Waals surface area (Å²) in [5.74, 6) is 4.60. The Hall–Kier alpha value is -1.71. The van der Waals surface area contributed by atoms with Gasteiger partial charge in [-0.2, -0.15) is 0 Å². The van der Waals surface area contributed by atoms with Gasteiger partial charge in [0.1, 0.15) is 12.2 Å². The first kappa shape index (κ1) is 20.0. The van der Waals surface area contributed by atoms with Crippen LogP contribution < -0.4 is 0 Å². The molecule has 2 heterocycles. The van der Waals surface area contributed by atoms with Gasteiger partial charge in [-0.25, -0.2) is 0 Å². The number of fused-ring (bicyclic) bond motifs is 1. The minimum atomic E-state index is -1.19. The number of carbonyl (C=O) groups excluding carboxylic acids is 1. The van der Waals surface area contributed by atoms with E-state index in [1.54, 1.807) is 19.9 Å². The van der Waals surface area contributed by atoms with Crippen LogP contribution in [-0.2, 0) is 28.5 Å². The molecule has 6 nitrogen and oxygen atoms in total. The fourth-order valence-electron chi connectivity index (χ4n) is 3.74. The topological polar surface area (TPSA) is 63.2 Å². The third-order valence-electron chi connectivity index (χ3n) is 4.98. The predicted octanol–water partition coefficient (Wildman–Crippen LogP) is 2.29. The Kier molecular flexibility index (Phi) is 4.98. The highest BCUT2D eigenvalue weighted by molar-refractivity contribution is 5.75. The van der Waals surface area contributed by atoms with Crippen LogP contribution in [0.1, 0.15) is 34.1 Å². The summed E-state index contributed by atoms with van der Waals surface area (Å²) in [6.07, 6.45) is 3.96. The highest BCUT2D eigenvalue weighted by atomic mass is 16.8. The fraction of sp³-hybridized carbons (Fsp3) is 0.619. The average molecular weight is 374 g/mol. The van der Waals surface area contributed by atoms with E-state index >= 15 is 0 Å². The summed E-state index contributed by atoms with van der Waals surface area (Å²) >= 11 is 0. The lowest BCUT2D eigenvalue weighted by Crippen LogP contribution is -2.44. The van der Waals surface area contributed by atoms with Gasteiger partial charge in [0, 0.05) is 18.8 Å². The summed E-state index contributed by atoms with van der Waals surface area (Å²) in [7, 11) is 1.54. The van der Waals surface area contributed by atoms with E-state index in [0.717, 1.165) is 6.29 Å². The molecule has 0 spiro atoms. The molecule has 3 aliphatic rings. The van der Waals surface area contributed by atoms with Crippen molar-refractivity contribution in [2.24, 2.45) is 0 Å². The molecule has 2 fully saturated rings. The monoisotopic (exact) mass is 374 g/mol. The number of carbonyl (C=O) groups is 1. The van der Waals surface area contributed by atoms with Crippen molar-refractivity contribution in [1.82, 2.24) is 0 Å². The van der Waals surface area contributed by atoms with E-state index < -0.39 is 28.9 Å². The van der Waals surface area contributed by atoms with Crippen LogP contribution in [0.25, 0.3) is 0 Å². The van der Waals surface area contributed by atoms with Crippen LogP contribution in [-0.4, -0.2) is 55.0 Å². The number of ether oxygens (including phenoxy) is 5. The molecule has 0 bridgehead atoms. The highest BCUT2D eigenvalue weighted by Gasteiger charge is 2.58. The third kappa shape index (κ3) is 3.43. The van der Waals surface area contributed by atoms with Crippen LogP contribution in [0.2, 0.25) is 0 Å². The van der Waals surface area contributed by atoms with Gasteiger partial charge in [-0.05, 0) is 34.1 Å². The quantitative estimate of drug-likeness (QED) is 0.427. The van der Waals surface area contributed by atoms with Crippen LogP contribution in [0.5, 0.6) is 0 Å². The molecule has 0 aromatic rings. The molecule has 3 rings (SSSR count). The van der Waals surface area contributed by atoms with Gasteiger partial charge < -0.3 is 23.7 Å². The zero-order chi connectivity index (χ0) is 19.9. The fourth-order valence-corrected chi connectivity index (χ4v) is 3.74. The van der Waals surface area contributed by atoms with Gasteiger partial charge in [0.25, 0.3) is 0 Å². The van der Waals surface area contributed by atoms with Gasteiger partial charge in [-0.3, -0.25) is 4.79 Å². The van der Waals surface area contributed by atoms with E-state index in [0.29, 0.717) is 18.6 Å². The van der Waals surface area contributed by atoms with Gasteiger partial charge in [0.05, 0.1) is 6.61 Å². The molecular weight excluding hydrogens is 348 g/mol. The summed E-state index contributed by atoms with van der Waals surface area (Å²) < 4.78 is 29.1. The number of rotatable bonds is 4. The zero-order valence-electron chi connectivity index (χ0n) is 16.5. The highest BCUT2D eigenvalue weighted by Crippen LogP contribution is 2.45. The first-order valence-electron chi connectivity index (χ1n) is 8.94. The summed E-state index contributed by atoms with van der Waals surface area (Å²) in [5.41, 5.74) is 0.988. The summed E-state index contributed by atoms with van der Waals surface area (Å²) in [6, 6.07) is 0. The molecule has 2 aliphatic heterocycles. The molecule has 0 aromatic carbocycles. The molecule has 0 N–H and O–H groups in total. The van der Waals surface area contributed by atoms with Crippen molar-refractivity contribution in [3.8, 4) is 11.8 Å². The lowest BCUT2D eigenvalue weighted by Gasteiger charge is -2.29. The van der Waals surface area contributed by atoms with Crippen LogP contribution in [0.3, 0.4) is 0 Å². The number of hydrogen-bond acceptors (Lipinski definition) is 6. The predicted molar refractivity (Wildman–Crippen MR) is 97.7 cm³/mol. The Labute approximate surface area is 160 Å². The number of aldehydes is 1. The minimum absolute atomic E-state index is 0.306. The SMILES string of the molecule is C=C=C[C@](C#CC1=CC[C@H]2OC(C)(C)O[C@@]12C=O)(OC)[C@@H]1COC(C)(C)O1. The average Bonchev–Trinajstić information content (AvgIpc) is 3.20. The van der Waals surface area contributed by atoms with Gasteiger partial charge in [0.2, 0.25) is 0 Å². The second-order valence-corrected chi connectivity index (χ2v) is 7.79. The second kappa shape index (κ2) is 6.72. The lowest BCUT2D eigenvalue weighted by molar-refractivity contribution is -0.161. The largest absolute Gasteiger partial charge is 0.358 e. The maximum Gasteiger partial charge on any atom is 0.185 e. The normalized spacial score (nSPS) is 35.2. The van der Waals surface area contributed by atoms with Crippen molar-refractivity contribution < 1.29 is 28.5 Å². The molecule has 0 aromatic heterocycles. The Morgan fingerprint density at radius 3 is 2.59 bits per heavy atom. The smallest absolute Gasteiger partial charge is 0.185 e. The molecule has 2 saturated heterocycles. The maximum absolute atomic E-state index is 12.0. The van der Waals surface area contributed by atoms with Crippen LogP contribution >= 0.6 is 0 Å². The zero-order valence-corrected chi connectivity index (χ0v) is 16.5. The van der Waals surface area contributed by atoms with E-state index in [2.05, 4.69) is 24.2 Å². The van der Waals surface area contributed by atoms with Crippen molar-refractivity contribution in [1.29, 1.82) is 0 Å². The molecule has 0 saturated carbocycles. The third-order valence-corrected chi connectivity index (χ3v) is 4.98. The van der Waals surface area contributed by atoms with E-state index in [4.69, 9.17) is 23.7 Å². The van der Waals surface area contributed by atoms with E-state index in [1.165, 1.54) is 7.11 Å². The Balaban J connectivity index is 1.96. The van der Waals surface area contributed by atoms with Crippen molar-refractivity contribution in [2.75, 3.05) is 13.7 Å². The molecule has 146 valence electrons. The molecule has 0 unspecified atom stereocenters. The van der Waals surface area contributed by atoms with Gasteiger partial charge >= 0.3 is 0 Å². The molecule has 0 radical (unpaired) electrons. The molecule has 4 atom stereocenters. The van der Waals surface area contributed by atoms with Gasteiger partial charge in [-0.15, -0.1) is 5.73 Å². The lowest BCUT2D eigenvalue weighted by atomic mass is 9.92. The first-order valence-corrected chi connectivity index (χ1v) is 8.94. The summed E-state index contributed by atoms with van der Waals surface area (Å²) in [5, 5.41) is 0. The molecule has 27 heavy (non-hydrogen) atoms. The first-order chi connectivity index (χ1) is 12.6.